The van der Waals surface area contributed by atoms with Gasteiger partial charge in [0.05, 0.1) is 22.1 Å². The van der Waals surface area contributed by atoms with Gasteiger partial charge in [-0.2, -0.15) is 5.10 Å². The summed E-state index contributed by atoms with van der Waals surface area (Å²) in [7, 11) is 1.82. The van der Waals surface area contributed by atoms with Crippen molar-refractivity contribution in [3.63, 3.8) is 0 Å². The van der Waals surface area contributed by atoms with E-state index in [-0.39, 0.29) is 41.1 Å². The van der Waals surface area contributed by atoms with E-state index in [0.29, 0.717) is 37.4 Å². The summed E-state index contributed by atoms with van der Waals surface area (Å²) in [5.41, 5.74) is 0.328. The van der Waals surface area contributed by atoms with Gasteiger partial charge in [-0.3, -0.25) is 23.4 Å². The minimum Gasteiger partial charge on any atom is -0.348 e. The van der Waals surface area contributed by atoms with Crippen LogP contribution in [0.15, 0.2) is 46.1 Å². The number of piperidine rings is 1. The Morgan fingerprint density at radius 3 is 2.64 bits per heavy atom. The maximum absolute atomic E-state index is 15.3. The lowest BCUT2D eigenvalue weighted by Crippen LogP contribution is -2.50. The highest BCUT2D eigenvalue weighted by Crippen LogP contribution is 2.30. The molecule has 2 N–H and O–H groups in total. The summed E-state index contributed by atoms with van der Waals surface area (Å²) >= 11 is 0. The van der Waals surface area contributed by atoms with E-state index < -0.39 is 23.1 Å². The maximum atomic E-state index is 15.3. The molecule has 1 saturated heterocycles. The SMILES string of the molecule is CC(C)n1c(=O)n(CC2CC2)c(=O)c2cc(NC(=O)N3CCC[C@@H](NC(=O)c4ccc5cn(C)nc5c4)C3)c(F)cc21. The van der Waals surface area contributed by atoms with E-state index in [1.54, 1.807) is 16.8 Å². The predicted molar refractivity (Wildman–Crippen MR) is 157 cm³/mol. The van der Waals surface area contributed by atoms with Gasteiger partial charge in [0.2, 0.25) is 0 Å². The summed E-state index contributed by atoms with van der Waals surface area (Å²) in [6, 6.07) is 6.68. The zero-order valence-corrected chi connectivity index (χ0v) is 23.9. The Hall–Kier alpha value is -4.48. The number of halogens is 1. The largest absolute Gasteiger partial charge is 0.348 e. The fraction of sp³-hybridized carbons (Fsp3) is 0.433. The van der Waals surface area contributed by atoms with E-state index in [0.717, 1.165) is 29.8 Å². The van der Waals surface area contributed by atoms with Crippen molar-refractivity contribution in [2.45, 2.75) is 58.2 Å². The smallest absolute Gasteiger partial charge is 0.331 e. The number of benzene rings is 2. The van der Waals surface area contributed by atoms with Gasteiger partial charge in [-0.25, -0.2) is 14.0 Å². The molecule has 0 unspecified atom stereocenters. The Labute approximate surface area is 240 Å². The minimum atomic E-state index is -0.740. The van der Waals surface area contributed by atoms with Crippen molar-refractivity contribution < 1.29 is 14.0 Å². The molecular formula is C30H34FN7O4. The molecule has 1 saturated carbocycles. The van der Waals surface area contributed by atoms with Gasteiger partial charge in [-0.1, -0.05) is 6.07 Å². The average Bonchev–Trinajstić information content (AvgIpc) is 3.69. The molecule has 1 aliphatic heterocycles. The van der Waals surface area contributed by atoms with Crippen LogP contribution in [0.4, 0.5) is 14.9 Å². The second-order valence-corrected chi connectivity index (χ2v) is 11.7. The van der Waals surface area contributed by atoms with Crippen molar-refractivity contribution in [2.75, 3.05) is 18.4 Å². The molecule has 11 nitrogen and oxygen atoms in total. The van der Waals surface area contributed by atoms with E-state index >= 15 is 4.39 Å². The zero-order chi connectivity index (χ0) is 29.7. The Balaban J connectivity index is 1.20. The molecule has 0 spiro atoms. The van der Waals surface area contributed by atoms with Crippen LogP contribution in [0.1, 0.15) is 55.9 Å². The van der Waals surface area contributed by atoms with Crippen LogP contribution in [-0.2, 0) is 13.6 Å². The molecule has 4 aromatic rings. The van der Waals surface area contributed by atoms with E-state index in [9.17, 15) is 19.2 Å². The third-order valence-corrected chi connectivity index (χ3v) is 8.08. The highest BCUT2D eigenvalue weighted by Gasteiger charge is 2.28. The van der Waals surface area contributed by atoms with Crippen molar-refractivity contribution >= 4 is 39.4 Å². The van der Waals surface area contributed by atoms with Gasteiger partial charge in [0.1, 0.15) is 5.82 Å². The van der Waals surface area contributed by atoms with Crippen LogP contribution in [0.2, 0.25) is 0 Å². The number of carbonyl (C=O) groups is 2. The molecule has 12 heteroatoms. The number of urea groups is 1. The number of carbonyl (C=O) groups excluding carboxylic acids is 2. The van der Waals surface area contributed by atoms with Crippen LogP contribution < -0.4 is 21.9 Å². The molecule has 42 heavy (non-hydrogen) atoms. The van der Waals surface area contributed by atoms with Crippen molar-refractivity contribution in [2.24, 2.45) is 13.0 Å². The van der Waals surface area contributed by atoms with E-state index in [1.165, 1.54) is 20.1 Å². The Bertz CT molecular complexity index is 1840. The van der Waals surface area contributed by atoms with Crippen molar-refractivity contribution in [1.29, 1.82) is 0 Å². The first-order chi connectivity index (χ1) is 20.1. The molecule has 2 aromatic heterocycles. The van der Waals surface area contributed by atoms with Gasteiger partial charge in [-0.15, -0.1) is 0 Å². The highest BCUT2D eigenvalue weighted by molar-refractivity contribution is 5.98. The van der Waals surface area contributed by atoms with Gasteiger partial charge in [0, 0.05) is 62.0 Å². The van der Waals surface area contributed by atoms with Gasteiger partial charge < -0.3 is 15.5 Å². The summed E-state index contributed by atoms with van der Waals surface area (Å²) < 4.78 is 19.6. The lowest BCUT2D eigenvalue weighted by Gasteiger charge is -2.33. The molecule has 2 aliphatic rings. The Kier molecular flexibility index (Phi) is 7.07. The van der Waals surface area contributed by atoms with Crippen LogP contribution in [0.5, 0.6) is 0 Å². The number of nitrogens with zero attached hydrogens (tertiary/aromatic N) is 5. The number of hydrogen-bond donors (Lipinski definition) is 2. The predicted octanol–water partition coefficient (Wildman–Crippen LogP) is 3.61. The van der Waals surface area contributed by atoms with Crippen LogP contribution in [-0.4, -0.2) is 54.9 Å². The van der Waals surface area contributed by atoms with Crippen molar-refractivity contribution in [1.82, 2.24) is 29.1 Å². The third kappa shape index (κ3) is 5.28. The second kappa shape index (κ2) is 10.7. The normalized spacial score (nSPS) is 17.3. The molecular weight excluding hydrogens is 541 g/mol. The van der Waals surface area contributed by atoms with Crippen LogP contribution >= 0.6 is 0 Å². The summed E-state index contributed by atoms with van der Waals surface area (Å²) in [6.07, 6.45) is 5.16. The Morgan fingerprint density at radius 2 is 1.90 bits per heavy atom. The van der Waals surface area contributed by atoms with Crippen molar-refractivity contribution in [3.05, 3.63) is 68.7 Å². The number of aromatic nitrogens is 4. The van der Waals surface area contributed by atoms with Gasteiger partial charge in [0.15, 0.2) is 0 Å². The van der Waals surface area contributed by atoms with Crippen LogP contribution in [0.3, 0.4) is 0 Å². The number of aryl methyl sites for hydroxylation is 1. The standard InChI is InChI=1S/C30H34FN7O4/c1-17(2)38-26-13-23(31)25(12-22(26)28(40)37(30(38)42)14-18-6-7-18)33-29(41)36-10-4-5-21(16-36)32-27(39)19-8-9-20-15-35(3)34-24(20)11-19/h8-9,11-13,15,17-18,21H,4-7,10,14,16H2,1-3H3,(H,32,39)(H,33,41)/t21-/m1/s1. The number of rotatable bonds is 6. The first kappa shape index (κ1) is 27.7. The molecule has 0 bridgehead atoms. The fourth-order valence-corrected chi connectivity index (χ4v) is 5.74. The number of amides is 3. The quantitative estimate of drug-likeness (QED) is 0.364. The molecule has 3 heterocycles. The topological polar surface area (TPSA) is 123 Å². The highest BCUT2D eigenvalue weighted by atomic mass is 19.1. The maximum Gasteiger partial charge on any atom is 0.331 e. The molecule has 6 rings (SSSR count). The molecule has 220 valence electrons. The van der Waals surface area contributed by atoms with Gasteiger partial charge >= 0.3 is 11.7 Å². The molecule has 1 atom stereocenters. The van der Waals surface area contributed by atoms with E-state index in [2.05, 4.69) is 15.7 Å². The van der Waals surface area contributed by atoms with Gasteiger partial charge in [0.25, 0.3) is 11.5 Å². The lowest BCUT2D eigenvalue weighted by molar-refractivity contribution is 0.0913. The number of likely N-dealkylation sites (tertiary alicyclic amines) is 1. The first-order valence-electron chi connectivity index (χ1n) is 14.4. The van der Waals surface area contributed by atoms with E-state index in [4.69, 9.17) is 0 Å². The third-order valence-electron chi connectivity index (χ3n) is 8.08. The average molecular weight is 576 g/mol. The van der Waals surface area contributed by atoms with Crippen LogP contribution in [0.25, 0.3) is 21.8 Å². The molecule has 2 fully saturated rings. The summed E-state index contributed by atoms with van der Waals surface area (Å²) in [5.74, 6) is -0.705. The lowest BCUT2D eigenvalue weighted by atomic mass is 10.0. The minimum absolute atomic E-state index is 0.133. The summed E-state index contributed by atoms with van der Waals surface area (Å²) in [4.78, 5) is 54.2. The summed E-state index contributed by atoms with van der Waals surface area (Å²) in [6.45, 7) is 4.63. The molecule has 0 radical (unpaired) electrons. The zero-order valence-electron chi connectivity index (χ0n) is 23.9. The van der Waals surface area contributed by atoms with Gasteiger partial charge in [-0.05, 0) is 63.6 Å². The van der Waals surface area contributed by atoms with E-state index in [1.807, 2.05) is 33.2 Å². The van der Waals surface area contributed by atoms with Crippen molar-refractivity contribution in [3.8, 4) is 0 Å². The first-order valence-corrected chi connectivity index (χ1v) is 14.4. The second-order valence-electron chi connectivity index (χ2n) is 11.7. The number of nitrogens with one attached hydrogen (secondary N) is 2. The number of anilines is 1. The monoisotopic (exact) mass is 575 g/mol. The fourth-order valence-electron chi connectivity index (χ4n) is 5.74. The molecule has 3 amide bonds. The summed E-state index contributed by atoms with van der Waals surface area (Å²) in [5, 5.41) is 11.1. The number of fused-ring (bicyclic) bond motifs is 2. The van der Waals surface area contributed by atoms with Crippen LogP contribution in [0, 0.1) is 11.7 Å². The molecule has 1 aliphatic carbocycles. The Morgan fingerprint density at radius 1 is 1.12 bits per heavy atom. The molecule has 2 aromatic carbocycles. The number of hydrogen-bond acceptors (Lipinski definition) is 5.